The summed E-state index contributed by atoms with van der Waals surface area (Å²) in [5.74, 6) is 1.98. The topological polar surface area (TPSA) is 46.5 Å². The number of hydrogen-bond acceptors (Lipinski definition) is 2. The lowest BCUT2D eigenvalue weighted by molar-refractivity contribution is 0.858. The fraction of sp³-hybridized carbons (Fsp3) is 0.143. The van der Waals surface area contributed by atoms with Gasteiger partial charge in [0.25, 0.3) is 0 Å². The van der Waals surface area contributed by atoms with Crippen LogP contribution in [-0.2, 0) is 7.05 Å². The summed E-state index contributed by atoms with van der Waals surface area (Å²) in [6, 6.07) is 10.0. The Balaban J connectivity index is 0.000000149. The molecule has 18 heavy (non-hydrogen) atoms. The summed E-state index contributed by atoms with van der Waals surface area (Å²) in [5, 5.41) is 0. The first-order valence-electron chi connectivity index (χ1n) is 5.76. The fourth-order valence-electron chi connectivity index (χ4n) is 1.46. The number of nitrogens with one attached hydrogen (secondary N) is 1. The van der Waals surface area contributed by atoms with Crippen LogP contribution < -0.4 is 0 Å². The predicted octanol–water partition coefficient (Wildman–Crippen LogP) is 2.81. The Morgan fingerprint density at radius 1 is 1.06 bits per heavy atom. The van der Waals surface area contributed by atoms with E-state index >= 15 is 0 Å². The highest BCUT2D eigenvalue weighted by Crippen LogP contribution is 2.11. The summed E-state index contributed by atoms with van der Waals surface area (Å²) >= 11 is 0. The molecule has 0 spiro atoms. The molecule has 1 aromatic carbocycles. The van der Waals surface area contributed by atoms with Crippen molar-refractivity contribution in [1.82, 2.24) is 19.5 Å². The van der Waals surface area contributed by atoms with E-state index in [4.69, 9.17) is 0 Å². The lowest BCUT2D eigenvalue weighted by Gasteiger charge is -1.92. The van der Waals surface area contributed by atoms with Crippen molar-refractivity contribution in [3.05, 3.63) is 60.9 Å². The van der Waals surface area contributed by atoms with E-state index in [1.165, 1.54) is 0 Å². The van der Waals surface area contributed by atoms with Gasteiger partial charge in [0.2, 0.25) is 0 Å². The van der Waals surface area contributed by atoms with Crippen LogP contribution in [0.3, 0.4) is 0 Å². The molecule has 4 heteroatoms. The number of rotatable bonds is 1. The Hall–Kier alpha value is -2.36. The van der Waals surface area contributed by atoms with Crippen LogP contribution in [0.15, 0.2) is 55.1 Å². The van der Waals surface area contributed by atoms with E-state index in [0.29, 0.717) is 0 Å². The van der Waals surface area contributed by atoms with Crippen molar-refractivity contribution < 1.29 is 0 Å². The van der Waals surface area contributed by atoms with Gasteiger partial charge in [0.1, 0.15) is 11.6 Å². The zero-order valence-corrected chi connectivity index (χ0v) is 10.5. The van der Waals surface area contributed by atoms with Crippen LogP contribution in [0.5, 0.6) is 0 Å². The van der Waals surface area contributed by atoms with Crippen LogP contribution in [-0.4, -0.2) is 19.5 Å². The van der Waals surface area contributed by atoms with Crippen LogP contribution in [0, 0.1) is 6.92 Å². The molecular weight excluding hydrogens is 224 g/mol. The van der Waals surface area contributed by atoms with Crippen molar-refractivity contribution in [2.75, 3.05) is 0 Å². The summed E-state index contributed by atoms with van der Waals surface area (Å²) < 4.78 is 1.97. The third-order valence-electron chi connectivity index (χ3n) is 2.61. The van der Waals surface area contributed by atoms with Gasteiger partial charge in [-0.15, -0.1) is 0 Å². The van der Waals surface area contributed by atoms with Gasteiger partial charge < -0.3 is 9.55 Å². The molecule has 0 saturated carbocycles. The van der Waals surface area contributed by atoms with Gasteiger partial charge in [-0.3, -0.25) is 0 Å². The normalized spacial score (nSPS) is 9.67. The Labute approximate surface area is 106 Å². The second-order valence-corrected chi connectivity index (χ2v) is 3.89. The monoisotopic (exact) mass is 240 g/mol. The molecule has 2 aromatic heterocycles. The molecule has 0 amide bonds. The second kappa shape index (κ2) is 5.82. The number of H-pyrrole nitrogens is 1. The number of nitrogens with zero attached hydrogens (tertiary/aromatic N) is 3. The summed E-state index contributed by atoms with van der Waals surface area (Å²) in [6.07, 6.45) is 7.29. The standard InChI is InChI=1S/C9H8N2.C5H8N2/c1-2-4-8(5-3-1)9-10-6-7-11-9;1-5-6-3-4-7(5)2/h1-7H,(H,10,11);3-4H,1-2H3. The molecule has 2 heterocycles. The Bertz CT molecular complexity index is 550. The van der Waals surface area contributed by atoms with Crippen molar-refractivity contribution in [3.8, 4) is 11.4 Å². The van der Waals surface area contributed by atoms with Gasteiger partial charge >= 0.3 is 0 Å². The summed E-state index contributed by atoms with van der Waals surface area (Å²) in [7, 11) is 1.97. The van der Waals surface area contributed by atoms with Gasteiger partial charge in [0, 0.05) is 37.4 Å². The van der Waals surface area contributed by atoms with Gasteiger partial charge in [-0.2, -0.15) is 0 Å². The molecule has 3 aromatic rings. The van der Waals surface area contributed by atoms with E-state index < -0.39 is 0 Å². The largest absolute Gasteiger partial charge is 0.345 e. The van der Waals surface area contributed by atoms with Crippen molar-refractivity contribution >= 4 is 0 Å². The van der Waals surface area contributed by atoms with Crippen LogP contribution in [0.4, 0.5) is 0 Å². The average molecular weight is 240 g/mol. The molecule has 0 fully saturated rings. The van der Waals surface area contributed by atoms with Gasteiger partial charge in [0.15, 0.2) is 0 Å². The van der Waals surface area contributed by atoms with Gasteiger partial charge in [-0.05, 0) is 6.92 Å². The number of imidazole rings is 2. The van der Waals surface area contributed by atoms with Crippen molar-refractivity contribution in [3.63, 3.8) is 0 Å². The fourth-order valence-corrected chi connectivity index (χ4v) is 1.46. The molecule has 92 valence electrons. The number of aromatic nitrogens is 4. The molecule has 0 aliphatic carbocycles. The first-order valence-corrected chi connectivity index (χ1v) is 5.76. The number of hydrogen-bond donors (Lipinski definition) is 1. The molecule has 0 aliphatic heterocycles. The minimum atomic E-state index is 0.922. The molecule has 0 unspecified atom stereocenters. The Kier molecular flexibility index (Phi) is 3.91. The van der Waals surface area contributed by atoms with Gasteiger partial charge in [-0.1, -0.05) is 30.3 Å². The van der Waals surface area contributed by atoms with Crippen LogP contribution in [0.25, 0.3) is 11.4 Å². The maximum Gasteiger partial charge on any atom is 0.137 e. The highest BCUT2D eigenvalue weighted by molar-refractivity contribution is 5.53. The minimum Gasteiger partial charge on any atom is -0.345 e. The minimum absolute atomic E-state index is 0.922. The molecule has 4 nitrogen and oxygen atoms in total. The molecule has 1 N–H and O–H groups in total. The smallest absolute Gasteiger partial charge is 0.137 e. The number of aryl methyl sites for hydroxylation is 2. The summed E-state index contributed by atoms with van der Waals surface area (Å²) in [4.78, 5) is 11.2. The zero-order chi connectivity index (χ0) is 12.8. The molecule has 3 rings (SSSR count). The van der Waals surface area contributed by atoms with E-state index in [9.17, 15) is 0 Å². The van der Waals surface area contributed by atoms with E-state index in [-0.39, 0.29) is 0 Å². The van der Waals surface area contributed by atoms with Crippen molar-refractivity contribution in [2.45, 2.75) is 6.92 Å². The molecule has 0 bridgehead atoms. The average Bonchev–Trinajstić information content (AvgIpc) is 3.05. The van der Waals surface area contributed by atoms with Gasteiger partial charge in [-0.25, -0.2) is 9.97 Å². The lowest BCUT2D eigenvalue weighted by Crippen LogP contribution is -1.86. The molecule has 0 aliphatic rings. The Morgan fingerprint density at radius 3 is 2.28 bits per heavy atom. The van der Waals surface area contributed by atoms with Crippen molar-refractivity contribution in [2.24, 2.45) is 7.05 Å². The third kappa shape index (κ3) is 3.07. The summed E-state index contributed by atoms with van der Waals surface area (Å²) in [5.41, 5.74) is 1.12. The number of benzene rings is 1. The number of aromatic amines is 1. The molecule has 0 saturated heterocycles. The first-order chi connectivity index (χ1) is 8.77. The van der Waals surface area contributed by atoms with Crippen molar-refractivity contribution in [1.29, 1.82) is 0 Å². The predicted molar refractivity (Wildman–Crippen MR) is 72.0 cm³/mol. The maximum atomic E-state index is 4.13. The molecular formula is C14H16N4. The van der Waals surface area contributed by atoms with Gasteiger partial charge in [0.05, 0.1) is 0 Å². The maximum absolute atomic E-state index is 4.13. The van der Waals surface area contributed by atoms with Crippen LogP contribution in [0.1, 0.15) is 5.82 Å². The molecule has 0 radical (unpaired) electrons. The van der Waals surface area contributed by atoms with E-state index in [1.54, 1.807) is 12.4 Å². The quantitative estimate of drug-likeness (QED) is 0.711. The highest BCUT2D eigenvalue weighted by Gasteiger charge is 1.94. The zero-order valence-electron chi connectivity index (χ0n) is 10.5. The van der Waals surface area contributed by atoms with E-state index in [2.05, 4.69) is 15.0 Å². The Morgan fingerprint density at radius 2 is 1.83 bits per heavy atom. The van der Waals surface area contributed by atoms with E-state index in [1.807, 2.05) is 61.3 Å². The second-order valence-electron chi connectivity index (χ2n) is 3.89. The van der Waals surface area contributed by atoms with Crippen LogP contribution >= 0.6 is 0 Å². The highest BCUT2D eigenvalue weighted by atomic mass is 15.0. The third-order valence-corrected chi connectivity index (χ3v) is 2.61. The summed E-state index contributed by atoms with van der Waals surface area (Å²) in [6.45, 7) is 1.97. The SMILES string of the molecule is Cc1nccn1C.c1ccc(-c2ncc[nH]2)cc1. The molecule has 0 atom stereocenters. The lowest BCUT2D eigenvalue weighted by atomic mass is 10.2. The van der Waals surface area contributed by atoms with E-state index in [0.717, 1.165) is 17.2 Å². The van der Waals surface area contributed by atoms with Crippen LogP contribution in [0.2, 0.25) is 0 Å². The first kappa shape index (κ1) is 12.1.